The van der Waals surface area contributed by atoms with E-state index in [1.165, 1.54) is 6.07 Å². The number of hydrogen-bond donors (Lipinski definition) is 1. The van der Waals surface area contributed by atoms with Crippen LogP contribution in [0.1, 0.15) is 26.6 Å². The van der Waals surface area contributed by atoms with Crippen LogP contribution in [0.5, 0.6) is 0 Å². The molecule has 102 valence electrons. The topological polar surface area (TPSA) is 43.8 Å². The van der Waals surface area contributed by atoms with Gasteiger partial charge in [-0.2, -0.15) is 0 Å². The zero-order valence-corrected chi connectivity index (χ0v) is 11.5. The van der Waals surface area contributed by atoms with Gasteiger partial charge in [-0.05, 0) is 45.9 Å². The summed E-state index contributed by atoms with van der Waals surface area (Å²) in [5.74, 6) is -0.588. The summed E-state index contributed by atoms with van der Waals surface area (Å²) in [6.45, 7) is 7.86. The molecule has 0 radical (unpaired) electrons. The number of aryl methyl sites for hydroxylation is 1. The van der Waals surface area contributed by atoms with Crippen molar-refractivity contribution < 1.29 is 8.78 Å². The third-order valence-electron chi connectivity index (χ3n) is 2.94. The SMILES string of the molecule is Cc1nc(-c2ccc(F)c(F)c2)c(N)n1C(C)(C)C. The quantitative estimate of drug-likeness (QED) is 0.858. The molecule has 0 atom stereocenters. The first-order valence-corrected chi connectivity index (χ1v) is 6.02. The average Bonchev–Trinajstić information content (AvgIpc) is 2.57. The molecule has 2 rings (SSSR count). The van der Waals surface area contributed by atoms with Gasteiger partial charge in [0.05, 0.1) is 0 Å². The van der Waals surface area contributed by atoms with Crippen molar-refractivity contribution in [3.63, 3.8) is 0 Å². The second-order valence-corrected chi connectivity index (χ2v) is 5.53. The maximum absolute atomic E-state index is 13.3. The Kier molecular flexibility index (Phi) is 3.08. The van der Waals surface area contributed by atoms with Crippen molar-refractivity contribution >= 4 is 5.82 Å². The molecule has 1 aromatic heterocycles. The largest absolute Gasteiger partial charge is 0.383 e. The van der Waals surface area contributed by atoms with E-state index in [2.05, 4.69) is 4.98 Å². The van der Waals surface area contributed by atoms with E-state index in [0.29, 0.717) is 17.1 Å². The van der Waals surface area contributed by atoms with Gasteiger partial charge < -0.3 is 10.3 Å². The second kappa shape index (κ2) is 4.33. The molecule has 0 amide bonds. The predicted octanol–water partition coefficient (Wildman–Crippen LogP) is 3.47. The van der Waals surface area contributed by atoms with Gasteiger partial charge >= 0.3 is 0 Å². The fourth-order valence-electron chi connectivity index (χ4n) is 2.25. The van der Waals surface area contributed by atoms with Crippen molar-refractivity contribution in [2.24, 2.45) is 0 Å². The molecule has 5 heteroatoms. The molecule has 2 N–H and O–H groups in total. The zero-order valence-electron chi connectivity index (χ0n) is 11.5. The summed E-state index contributed by atoms with van der Waals surface area (Å²) >= 11 is 0. The molecule has 0 aliphatic rings. The van der Waals surface area contributed by atoms with Crippen molar-refractivity contribution in [1.82, 2.24) is 9.55 Å². The first-order valence-electron chi connectivity index (χ1n) is 6.02. The summed E-state index contributed by atoms with van der Waals surface area (Å²) in [6.07, 6.45) is 0. The standard InChI is InChI=1S/C14H17F2N3/c1-8-18-12(13(17)19(8)14(2,3)4)9-5-6-10(15)11(16)7-9/h5-7H,17H2,1-4H3. The van der Waals surface area contributed by atoms with E-state index in [0.717, 1.165) is 18.0 Å². The van der Waals surface area contributed by atoms with Crippen molar-refractivity contribution in [3.05, 3.63) is 35.7 Å². The lowest BCUT2D eigenvalue weighted by atomic mass is 10.1. The Morgan fingerprint density at radius 1 is 1.16 bits per heavy atom. The predicted molar refractivity (Wildman–Crippen MR) is 71.7 cm³/mol. The van der Waals surface area contributed by atoms with Crippen LogP contribution in [0.25, 0.3) is 11.3 Å². The second-order valence-electron chi connectivity index (χ2n) is 5.53. The number of hydrogen-bond acceptors (Lipinski definition) is 2. The Bertz CT molecular complexity index is 624. The Labute approximate surface area is 111 Å². The van der Waals surface area contributed by atoms with Gasteiger partial charge in [-0.25, -0.2) is 13.8 Å². The van der Waals surface area contributed by atoms with E-state index < -0.39 is 11.6 Å². The Morgan fingerprint density at radius 3 is 2.26 bits per heavy atom. The summed E-state index contributed by atoms with van der Waals surface area (Å²) in [5.41, 5.74) is 6.82. The highest BCUT2D eigenvalue weighted by molar-refractivity contribution is 5.71. The summed E-state index contributed by atoms with van der Waals surface area (Å²) in [5, 5.41) is 0. The molecule has 0 unspecified atom stereocenters. The monoisotopic (exact) mass is 265 g/mol. The van der Waals surface area contributed by atoms with Gasteiger partial charge in [0.2, 0.25) is 0 Å². The van der Waals surface area contributed by atoms with Crippen molar-refractivity contribution in [1.29, 1.82) is 0 Å². The van der Waals surface area contributed by atoms with Crippen molar-refractivity contribution in [2.45, 2.75) is 33.2 Å². The van der Waals surface area contributed by atoms with Crippen molar-refractivity contribution in [2.75, 3.05) is 5.73 Å². The summed E-state index contributed by atoms with van der Waals surface area (Å²) < 4.78 is 28.1. The highest BCUT2D eigenvalue weighted by Crippen LogP contribution is 2.31. The van der Waals surface area contributed by atoms with E-state index in [9.17, 15) is 8.78 Å². The third kappa shape index (κ3) is 2.32. The summed E-state index contributed by atoms with van der Waals surface area (Å²) in [4.78, 5) is 4.37. The van der Waals surface area contributed by atoms with Crippen LogP contribution in [0.4, 0.5) is 14.6 Å². The van der Waals surface area contributed by atoms with E-state index in [-0.39, 0.29) is 5.54 Å². The number of nitrogens with two attached hydrogens (primary N) is 1. The minimum absolute atomic E-state index is 0.224. The molecule has 0 aliphatic heterocycles. The number of benzene rings is 1. The lowest BCUT2D eigenvalue weighted by molar-refractivity contribution is 0.393. The lowest BCUT2D eigenvalue weighted by Crippen LogP contribution is -2.24. The number of halogens is 2. The van der Waals surface area contributed by atoms with Gasteiger partial charge in [0.15, 0.2) is 11.6 Å². The molecule has 0 aliphatic carbocycles. The van der Waals surface area contributed by atoms with Crippen LogP contribution in [-0.2, 0) is 5.54 Å². The fraction of sp³-hybridized carbons (Fsp3) is 0.357. The lowest BCUT2D eigenvalue weighted by Gasteiger charge is -2.24. The summed E-state index contributed by atoms with van der Waals surface area (Å²) in [6, 6.07) is 3.67. The number of anilines is 1. The molecule has 0 spiro atoms. The van der Waals surface area contributed by atoms with Gasteiger partial charge in [-0.1, -0.05) is 0 Å². The van der Waals surface area contributed by atoms with Crippen LogP contribution >= 0.6 is 0 Å². The first-order chi connectivity index (χ1) is 8.71. The fourth-order valence-corrected chi connectivity index (χ4v) is 2.25. The van der Waals surface area contributed by atoms with Crippen LogP contribution in [0.2, 0.25) is 0 Å². The molecule has 2 aromatic rings. The highest BCUT2D eigenvalue weighted by Gasteiger charge is 2.22. The maximum Gasteiger partial charge on any atom is 0.159 e. The smallest absolute Gasteiger partial charge is 0.159 e. The van der Waals surface area contributed by atoms with E-state index >= 15 is 0 Å². The molecular weight excluding hydrogens is 248 g/mol. The van der Waals surface area contributed by atoms with Gasteiger partial charge in [0.1, 0.15) is 17.3 Å². The highest BCUT2D eigenvalue weighted by atomic mass is 19.2. The number of rotatable bonds is 1. The van der Waals surface area contributed by atoms with Gasteiger partial charge in [0, 0.05) is 11.1 Å². The van der Waals surface area contributed by atoms with Gasteiger partial charge in [0.25, 0.3) is 0 Å². The van der Waals surface area contributed by atoms with Crippen LogP contribution in [0.3, 0.4) is 0 Å². The molecule has 3 nitrogen and oxygen atoms in total. The molecule has 19 heavy (non-hydrogen) atoms. The molecule has 0 fully saturated rings. The minimum atomic E-state index is -0.903. The first kappa shape index (κ1) is 13.5. The number of aromatic nitrogens is 2. The molecule has 0 saturated carbocycles. The summed E-state index contributed by atoms with van der Waals surface area (Å²) in [7, 11) is 0. The van der Waals surface area contributed by atoms with Gasteiger partial charge in [-0.15, -0.1) is 0 Å². The zero-order chi connectivity index (χ0) is 14.4. The number of nitrogens with zero attached hydrogens (tertiary/aromatic N) is 2. The van der Waals surface area contributed by atoms with E-state index in [4.69, 9.17) is 5.73 Å². The van der Waals surface area contributed by atoms with Crippen molar-refractivity contribution in [3.8, 4) is 11.3 Å². The van der Waals surface area contributed by atoms with Crippen LogP contribution in [-0.4, -0.2) is 9.55 Å². The van der Waals surface area contributed by atoms with E-state index in [1.54, 1.807) is 0 Å². The normalized spacial score (nSPS) is 11.9. The molecule has 0 bridgehead atoms. The van der Waals surface area contributed by atoms with Gasteiger partial charge in [-0.3, -0.25) is 0 Å². The molecule has 1 aromatic carbocycles. The number of nitrogen functional groups attached to an aromatic ring is 1. The Balaban J connectivity index is 2.61. The van der Waals surface area contributed by atoms with Crippen LogP contribution in [0, 0.1) is 18.6 Å². The Morgan fingerprint density at radius 2 is 1.79 bits per heavy atom. The molecular formula is C14H17F2N3. The van der Waals surface area contributed by atoms with E-state index in [1.807, 2.05) is 32.3 Å². The third-order valence-corrected chi connectivity index (χ3v) is 2.94. The number of imidazole rings is 1. The minimum Gasteiger partial charge on any atom is -0.383 e. The molecule has 1 heterocycles. The maximum atomic E-state index is 13.3. The van der Waals surface area contributed by atoms with Crippen LogP contribution in [0.15, 0.2) is 18.2 Å². The molecule has 0 saturated heterocycles. The Hall–Kier alpha value is -1.91. The average molecular weight is 265 g/mol. The van der Waals surface area contributed by atoms with Crippen LogP contribution < -0.4 is 5.73 Å².